The van der Waals surface area contributed by atoms with Crippen LogP contribution in [0.3, 0.4) is 0 Å². The lowest BCUT2D eigenvalue weighted by Crippen LogP contribution is -2.26. The van der Waals surface area contributed by atoms with Crippen molar-refractivity contribution in [3.8, 4) is 0 Å². The first-order valence-corrected chi connectivity index (χ1v) is 6.63. The number of benzene rings is 2. The molecule has 2 aromatic carbocycles. The van der Waals surface area contributed by atoms with E-state index in [2.05, 4.69) is 48.5 Å². The van der Waals surface area contributed by atoms with Crippen molar-refractivity contribution >= 4 is 0 Å². The molecule has 0 heterocycles. The predicted octanol–water partition coefficient (Wildman–Crippen LogP) is 3.91. The molecule has 2 aromatic rings. The van der Waals surface area contributed by atoms with Gasteiger partial charge >= 0.3 is 0 Å². The zero-order chi connectivity index (χ0) is 11.0. The minimum Gasteiger partial charge on any atom is -0.0620 e. The molecule has 1 fully saturated rings. The Kier molecular flexibility index (Phi) is 1.32. The fourth-order valence-corrected chi connectivity index (χ4v) is 4.41. The summed E-state index contributed by atoms with van der Waals surface area (Å²) in [7, 11) is 0. The van der Waals surface area contributed by atoms with Gasteiger partial charge in [0.05, 0.1) is 0 Å². The molecule has 0 nitrogen and oxygen atoms in total. The van der Waals surface area contributed by atoms with Gasteiger partial charge in [-0.1, -0.05) is 48.5 Å². The van der Waals surface area contributed by atoms with E-state index in [0.29, 0.717) is 11.8 Å². The van der Waals surface area contributed by atoms with Crippen molar-refractivity contribution in [2.75, 3.05) is 0 Å². The van der Waals surface area contributed by atoms with Crippen molar-refractivity contribution in [3.05, 3.63) is 70.8 Å². The van der Waals surface area contributed by atoms with Gasteiger partial charge in [-0.25, -0.2) is 0 Å². The molecule has 0 radical (unpaired) electrons. The van der Waals surface area contributed by atoms with Gasteiger partial charge in [-0.3, -0.25) is 0 Å². The van der Waals surface area contributed by atoms with Crippen LogP contribution in [0, 0.1) is 11.8 Å². The Bertz CT molecular complexity index is 524. The smallest absolute Gasteiger partial charge is 0.0127 e. The highest BCUT2D eigenvalue weighted by Gasteiger charge is 2.57. The Morgan fingerprint density at radius 2 is 0.941 bits per heavy atom. The first-order chi connectivity index (χ1) is 8.45. The summed E-state index contributed by atoms with van der Waals surface area (Å²) in [6.07, 6.45) is 1.44. The molecule has 4 aliphatic carbocycles. The molecule has 2 atom stereocenters. The number of hydrogen-bond acceptors (Lipinski definition) is 0. The molecule has 17 heavy (non-hydrogen) atoms. The second-order valence-corrected chi connectivity index (χ2v) is 5.78. The molecular weight excluding hydrogens is 204 g/mol. The van der Waals surface area contributed by atoms with Crippen LogP contribution in [-0.4, -0.2) is 0 Å². The first-order valence-electron chi connectivity index (χ1n) is 6.63. The first kappa shape index (κ1) is 8.52. The van der Waals surface area contributed by atoms with E-state index in [-0.39, 0.29) is 0 Å². The Balaban J connectivity index is 1.89. The zero-order valence-corrected chi connectivity index (χ0v) is 9.64. The van der Waals surface area contributed by atoms with Crippen LogP contribution in [0.15, 0.2) is 48.5 Å². The monoisotopic (exact) mass is 218 g/mol. The topological polar surface area (TPSA) is 0 Å². The molecule has 6 rings (SSSR count). The molecule has 0 aliphatic heterocycles. The van der Waals surface area contributed by atoms with Gasteiger partial charge in [0.1, 0.15) is 0 Å². The fraction of sp³-hybridized carbons (Fsp3) is 0.294. The maximum Gasteiger partial charge on any atom is 0.0127 e. The highest BCUT2D eigenvalue weighted by Crippen LogP contribution is 2.68. The lowest BCUT2D eigenvalue weighted by atomic mass is 9.64. The Morgan fingerprint density at radius 1 is 0.588 bits per heavy atom. The van der Waals surface area contributed by atoms with Gasteiger partial charge in [0, 0.05) is 11.8 Å². The van der Waals surface area contributed by atoms with Gasteiger partial charge in [-0.2, -0.15) is 0 Å². The molecule has 0 heteroatoms. The predicted molar refractivity (Wildman–Crippen MR) is 68.2 cm³/mol. The normalized spacial score (nSPS) is 34.8. The van der Waals surface area contributed by atoms with Crippen LogP contribution in [0.25, 0.3) is 0 Å². The molecule has 4 aliphatic rings. The molecule has 82 valence electrons. The lowest BCUT2D eigenvalue weighted by Gasteiger charge is -2.39. The van der Waals surface area contributed by atoms with E-state index >= 15 is 0 Å². The van der Waals surface area contributed by atoms with Crippen LogP contribution in [-0.2, 0) is 0 Å². The molecule has 2 unspecified atom stereocenters. The summed E-state index contributed by atoms with van der Waals surface area (Å²) in [6.45, 7) is 0. The minimum absolute atomic E-state index is 0.706. The van der Waals surface area contributed by atoms with E-state index in [1.165, 1.54) is 6.42 Å². The standard InChI is InChI=1S/C17H14/c1-2-6-11-10(5-1)16-12-7-3-4-8-13(12)17(11)15-9-14(15)16/h1-8,14-17H,9H2. The maximum absolute atomic E-state index is 2.36. The summed E-state index contributed by atoms with van der Waals surface area (Å²) in [4.78, 5) is 0. The summed E-state index contributed by atoms with van der Waals surface area (Å²) >= 11 is 0. The molecule has 0 saturated heterocycles. The van der Waals surface area contributed by atoms with Gasteiger partial charge in [0.15, 0.2) is 0 Å². The largest absolute Gasteiger partial charge is 0.0620 e. The van der Waals surface area contributed by atoms with Crippen molar-refractivity contribution in [3.63, 3.8) is 0 Å². The SMILES string of the molecule is c1ccc2c(c1)C1c3ccccc3C2C2CC12. The van der Waals surface area contributed by atoms with Gasteiger partial charge in [-0.05, 0) is 40.5 Å². The van der Waals surface area contributed by atoms with E-state index in [9.17, 15) is 0 Å². The van der Waals surface area contributed by atoms with Crippen LogP contribution >= 0.6 is 0 Å². The van der Waals surface area contributed by atoms with Crippen LogP contribution in [0.5, 0.6) is 0 Å². The maximum atomic E-state index is 2.36. The minimum atomic E-state index is 0.706. The number of hydrogen-bond donors (Lipinski definition) is 0. The van der Waals surface area contributed by atoms with Crippen molar-refractivity contribution < 1.29 is 0 Å². The molecule has 0 spiro atoms. The van der Waals surface area contributed by atoms with E-state index < -0.39 is 0 Å². The van der Waals surface area contributed by atoms with Crippen LogP contribution < -0.4 is 0 Å². The van der Waals surface area contributed by atoms with Crippen molar-refractivity contribution in [2.45, 2.75) is 18.3 Å². The van der Waals surface area contributed by atoms with E-state index in [0.717, 1.165) is 11.8 Å². The van der Waals surface area contributed by atoms with Crippen LogP contribution in [0.2, 0.25) is 0 Å². The highest BCUT2D eigenvalue weighted by molar-refractivity contribution is 5.58. The molecule has 0 aromatic heterocycles. The van der Waals surface area contributed by atoms with E-state index in [1.807, 2.05) is 0 Å². The molecular formula is C17H14. The van der Waals surface area contributed by atoms with Gasteiger partial charge in [-0.15, -0.1) is 0 Å². The van der Waals surface area contributed by atoms with Crippen LogP contribution in [0.1, 0.15) is 40.5 Å². The molecule has 2 bridgehead atoms. The fourth-order valence-electron chi connectivity index (χ4n) is 4.41. The Morgan fingerprint density at radius 3 is 1.29 bits per heavy atom. The average molecular weight is 218 g/mol. The average Bonchev–Trinajstić information content (AvgIpc) is 3.18. The summed E-state index contributed by atoms with van der Waals surface area (Å²) < 4.78 is 0. The third-order valence-corrected chi connectivity index (χ3v) is 5.08. The highest BCUT2D eigenvalue weighted by atomic mass is 14.6. The Hall–Kier alpha value is -1.56. The number of rotatable bonds is 0. The van der Waals surface area contributed by atoms with Gasteiger partial charge < -0.3 is 0 Å². The zero-order valence-electron chi connectivity index (χ0n) is 9.64. The third kappa shape index (κ3) is 0.878. The van der Waals surface area contributed by atoms with Gasteiger partial charge in [0.25, 0.3) is 0 Å². The van der Waals surface area contributed by atoms with E-state index in [4.69, 9.17) is 0 Å². The van der Waals surface area contributed by atoms with Crippen molar-refractivity contribution in [1.29, 1.82) is 0 Å². The second kappa shape index (κ2) is 2.64. The summed E-state index contributed by atoms with van der Waals surface area (Å²) in [5, 5.41) is 0. The lowest BCUT2D eigenvalue weighted by molar-refractivity contribution is 0.491. The Labute approximate surface area is 101 Å². The van der Waals surface area contributed by atoms with Crippen LogP contribution in [0.4, 0.5) is 0 Å². The van der Waals surface area contributed by atoms with Crippen molar-refractivity contribution in [2.24, 2.45) is 11.8 Å². The van der Waals surface area contributed by atoms with Crippen molar-refractivity contribution in [1.82, 2.24) is 0 Å². The van der Waals surface area contributed by atoms with Gasteiger partial charge in [0.2, 0.25) is 0 Å². The van der Waals surface area contributed by atoms with E-state index in [1.54, 1.807) is 22.3 Å². The second-order valence-electron chi connectivity index (χ2n) is 5.78. The summed E-state index contributed by atoms with van der Waals surface area (Å²) in [6, 6.07) is 18.3. The molecule has 0 amide bonds. The summed E-state index contributed by atoms with van der Waals surface area (Å²) in [5.41, 5.74) is 6.48. The molecule has 1 saturated carbocycles. The quantitative estimate of drug-likeness (QED) is 0.629. The third-order valence-electron chi connectivity index (χ3n) is 5.08. The molecule has 0 N–H and O–H groups in total. The summed E-state index contributed by atoms with van der Waals surface area (Å²) in [5.74, 6) is 3.31.